The topological polar surface area (TPSA) is 18.8 Å². The number of hydrogen-bond donors (Lipinski definition) is 0. The number of halogens is 2. The van der Waals surface area contributed by atoms with Crippen molar-refractivity contribution >= 4 is 34.8 Å². The molecule has 2 aliphatic heterocycles. The number of guanidine groups is 1. The number of hydrogen-bond acceptors (Lipinski definition) is 3. The Hall–Kier alpha value is -0.930. The Balaban J connectivity index is 1.79. The normalized spacial score (nSPS) is 23.7. The highest BCUT2D eigenvalue weighted by Crippen LogP contribution is 2.45. The van der Waals surface area contributed by atoms with Crippen molar-refractivity contribution in [3.63, 3.8) is 0 Å². The molecule has 3 nitrogen and oxygen atoms in total. The van der Waals surface area contributed by atoms with Gasteiger partial charge in [0.2, 0.25) is 5.96 Å². The summed E-state index contributed by atoms with van der Waals surface area (Å²) in [5, 5.41) is 1.44. The van der Waals surface area contributed by atoms with Crippen LogP contribution in [0.2, 0.25) is 10.0 Å². The van der Waals surface area contributed by atoms with Gasteiger partial charge in [-0.3, -0.25) is 4.99 Å². The molecule has 1 spiro atoms. The molecule has 0 bridgehead atoms. The van der Waals surface area contributed by atoms with E-state index in [0.29, 0.717) is 0 Å². The average molecular weight is 352 g/mol. The molecule has 0 atom stereocenters. The molecule has 0 unspecified atom stereocenters. The van der Waals surface area contributed by atoms with Crippen molar-refractivity contribution < 1.29 is 0 Å². The largest absolute Gasteiger partial charge is 0.335 e. The summed E-state index contributed by atoms with van der Waals surface area (Å²) >= 11 is 13.0. The van der Waals surface area contributed by atoms with E-state index in [1.165, 1.54) is 44.9 Å². The van der Waals surface area contributed by atoms with E-state index < -0.39 is 0 Å². The third-order valence-electron chi connectivity index (χ3n) is 5.54. The fraction of sp³-hybridized carbons (Fsp3) is 0.611. The van der Waals surface area contributed by atoms with E-state index >= 15 is 0 Å². The Kier molecular flexibility index (Phi) is 4.19. The predicted molar refractivity (Wildman–Crippen MR) is 97.9 cm³/mol. The number of para-hydroxylation sites is 1. The third-order valence-corrected chi connectivity index (χ3v) is 6.15. The first-order chi connectivity index (χ1) is 11.2. The maximum absolute atomic E-state index is 6.51. The fourth-order valence-corrected chi connectivity index (χ4v) is 5.04. The maximum atomic E-state index is 6.51. The minimum absolute atomic E-state index is 0.226. The SMILES string of the molecule is Clc1cccc(Cl)c1N1CC2(CCCCC2)N2CCCCN=C12. The van der Waals surface area contributed by atoms with Gasteiger partial charge in [-0.25, -0.2) is 0 Å². The summed E-state index contributed by atoms with van der Waals surface area (Å²) in [5.41, 5.74) is 1.16. The Morgan fingerprint density at radius 2 is 1.70 bits per heavy atom. The van der Waals surface area contributed by atoms with Gasteiger partial charge < -0.3 is 9.80 Å². The number of nitrogens with zero attached hydrogens (tertiary/aromatic N) is 3. The molecule has 5 heteroatoms. The van der Waals surface area contributed by atoms with Gasteiger partial charge in [-0.05, 0) is 37.8 Å². The van der Waals surface area contributed by atoms with Crippen molar-refractivity contribution in [3.05, 3.63) is 28.2 Å². The molecule has 2 heterocycles. The van der Waals surface area contributed by atoms with Crippen LogP contribution in [-0.4, -0.2) is 36.0 Å². The van der Waals surface area contributed by atoms with Crippen molar-refractivity contribution in [2.45, 2.75) is 50.5 Å². The molecule has 1 aromatic carbocycles. The van der Waals surface area contributed by atoms with Crippen LogP contribution in [0.3, 0.4) is 0 Å². The lowest BCUT2D eigenvalue weighted by Crippen LogP contribution is -2.48. The predicted octanol–water partition coefficient (Wildman–Crippen LogP) is 4.97. The van der Waals surface area contributed by atoms with Gasteiger partial charge in [0.05, 0.1) is 21.3 Å². The number of fused-ring (bicyclic) bond motifs is 2. The lowest BCUT2D eigenvalue weighted by molar-refractivity contribution is 0.148. The fourth-order valence-electron chi connectivity index (χ4n) is 4.44. The highest BCUT2D eigenvalue weighted by Gasteiger charge is 2.49. The van der Waals surface area contributed by atoms with E-state index in [0.717, 1.165) is 41.3 Å². The molecule has 1 aliphatic carbocycles. The van der Waals surface area contributed by atoms with E-state index in [-0.39, 0.29) is 5.54 Å². The van der Waals surface area contributed by atoms with Crippen LogP contribution in [0.1, 0.15) is 44.9 Å². The second-order valence-electron chi connectivity index (χ2n) is 6.98. The van der Waals surface area contributed by atoms with E-state index in [9.17, 15) is 0 Å². The quantitative estimate of drug-likeness (QED) is 0.711. The van der Waals surface area contributed by atoms with Gasteiger partial charge in [-0.2, -0.15) is 0 Å². The highest BCUT2D eigenvalue weighted by atomic mass is 35.5. The van der Waals surface area contributed by atoms with Gasteiger partial charge in [-0.1, -0.05) is 48.5 Å². The molecule has 124 valence electrons. The summed E-state index contributed by atoms with van der Waals surface area (Å²) < 4.78 is 0. The number of benzene rings is 1. The monoisotopic (exact) mass is 351 g/mol. The maximum Gasteiger partial charge on any atom is 0.201 e. The Bertz CT molecular complexity index is 602. The van der Waals surface area contributed by atoms with Gasteiger partial charge in [0.15, 0.2) is 0 Å². The first-order valence-corrected chi connectivity index (χ1v) is 9.51. The third kappa shape index (κ3) is 2.62. The van der Waals surface area contributed by atoms with Gasteiger partial charge in [0, 0.05) is 19.6 Å². The molecular weight excluding hydrogens is 329 g/mol. The second kappa shape index (κ2) is 6.18. The zero-order valence-corrected chi connectivity index (χ0v) is 14.9. The van der Waals surface area contributed by atoms with Crippen molar-refractivity contribution in [3.8, 4) is 0 Å². The zero-order valence-electron chi connectivity index (χ0n) is 13.4. The minimum atomic E-state index is 0.226. The van der Waals surface area contributed by atoms with Crippen LogP contribution in [0.4, 0.5) is 5.69 Å². The average Bonchev–Trinajstić information content (AvgIpc) is 2.72. The molecule has 4 rings (SSSR count). The Morgan fingerprint density at radius 3 is 2.43 bits per heavy atom. The van der Waals surface area contributed by atoms with Gasteiger partial charge in [-0.15, -0.1) is 0 Å². The highest BCUT2D eigenvalue weighted by molar-refractivity contribution is 6.40. The van der Waals surface area contributed by atoms with E-state index in [4.69, 9.17) is 28.2 Å². The first-order valence-electron chi connectivity index (χ1n) is 8.75. The summed E-state index contributed by atoms with van der Waals surface area (Å²) in [6.07, 6.45) is 8.88. The molecule has 3 aliphatic rings. The molecule has 0 radical (unpaired) electrons. The molecule has 1 aromatic rings. The molecule has 0 N–H and O–H groups in total. The Labute approximate surface area is 148 Å². The van der Waals surface area contributed by atoms with Crippen molar-refractivity contribution in [1.82, 2.24) is 4.90 Å². The Morgan fingerprint density at radius 1 is 0.957 bits per heavy atom. The van der Waals surface area contributed by atoms with Crippen molar-refractivity contribution in [2.75, 3.05) is 24.5 Å². The number of anilines is 1. The number of aliphatic imine (C=N–C) groups is 1. The summed E-state index contributed by atoms with van der Waals surface area (Å²) in [4.78, 5) is 9.80. The van der Waals surface area contributed by atoms with Crippen molar-refractivity contribution in [1.29, 1.82) is 0 Å². The summed E-state index contributed by atoms with van der Waals surface area (Å²) in [7, 11) is 0. The lowest BCUT2D eigenvalue weighted by atomic mass is 9.81. The smallest absolute Gasteiger partial charge is 0.201 e. The second-order valence-corrected chi connectivity index (χ2v) is 7.80. The molecule has 0 amide bonds. The van der Waals surface area contributed by atoms with Crippen LogP contribution in [0.15, 0.2) is 23.2 Å². The van der Waals surface area contributed by atoms with Gasteiger partial charge in [0.1, 0.15) is 0 Å². The van der Waals surface area contributed by atoms with E-state index in [2.05, 4.69) is 9.80 Å². The molecule has 2 fully saturated rings. The number of rotatable bonds is 1. The van der Waals surface area contributed by atoms with Crippen LogP contribution in [0, 0.1) is 0 Å². The van der Waals surface area contributed by atoms with Crippen molar-refractivity contribution in [2.24, 2.45) is 4.99 Å². The van der Waals surface area contributed by atoms with E-state index in [1.807, 2.05) is 18.2 Å². The first kappa shape index (κ1) is 15.6. The summed E-state index contributed by atoms with van der Waals surface area (Å²) in [6, 6.07) is 5.76. The van der Waals surface area contributed by atoms with Crippen LogP contribution in [-0.2, 0) is 0 Å². The molecule has 0 aromatic heterocycles. The standard InChI is InChI=1S/C18H23Cl2N3/c19-14-7-6-8-15(20)16(14)22-13-18(9-2-1-3-10-18)23-12-5-4-11-21-17(22)23/h6-8H,1-5,9-13H2. The van der Waals surface area contributed by atoms with Crippen LogP contribution in [0.25, 0.3) is 0 Å². The molecule has 23 heavy (non-hydrogen) atoms. The van der Waals surface area contributed by atoms with Crippen LogP contribution < -0.4 is 4.90 Å². The molecule has 1 saturated carbocycles. The van der Waals surface area contributed by atoms with Crippen LogP contribution >= 0.6 is 23.2 Å². The van der Waals surface area contributed by atoms with Gasteiger partial charge in [0.25, 0.3) is 0 Å². The summed E-state index contributed by atoms with van der Waals surface area (Å²) in [5.74, 6) is 1.10. The zero-order chi connectivity index (χ0) is 15.9. The van der Waals surface area contributed by atoms with E-state index in [1.54, 1.807) is 0 Å². The summed E-state index contributed by atoms with van der Waals surface area (Å²) in [6.45, 7) is 2.98. The minimum Gasteiger partial charge on any atom is -0.335 e. The van der Waals surface area contributed by atoms with Gasteiger partial charge >= 0.3 is 0 Å². The van der Waals surface area contributed by atoms with Crippen LogP contribution in [0.5, 0.6) is 0 Å². The molecular formula is C18H23Cl2N3. The lowest BCUT2D eigenvalue weighted by Gasteiger charge is -2.40. The molecule has 1 saturated heterocycles.